The first-order valence-electron chi connectivity index (χ1n) is 7.15. The summed E-state index contributed by atoms with van der Waals surface area (Å²) in [4.78, 5) is 0. The fraction of sp³-hybridized carbons (Fsp3) is 0.765. The van der Waals surface area contributed by atoms with Crippen LogP contribution >= 0.6 is 0 Å². The van der Waals surface area contributed by atoms with E-state index in [9.17, 15) is 10.2 Å². The van der Waals surface area contributed by atoms with Gasteiger partial charge in [-0.1, -0.05) is 72.8 Å². The van der Waals surface area contributed by atoms with E-state index in [-0.39, 0.29) is 16.7 Å². The highest BCUT2D eigenvalue weighted by atomic mass is 16.3. The second kappa shape index (κ2) is 7.25. The van der Waals surface area contributed by atoms with Gasteiger partial charge in [0.25, 0.3) is 0 Å². The molecule has 0 aliphatic heterocycles. The van der Waals surface area contributed by atoms with Crippen molar-refractivity contribution in [3.8, 4) is 0 Å². The Labute approximate surface area is 119 Å². The minimum Gasteiger partial charge on any atom is -0.392 e. The second-order valence-corrected chi connectivity index (χ2v) is 7.65. The van der Waals surface area contributed by atoms with Gasteiger partial charge in [-0.25, -0.2) is 0 Å². The molecule has 0 heterocycles. The zero-order chi connectivity index (χ0) is 15.3. The van der Waals surface area contributed by atoms with Crippen LogP contribution in [-0.2, 0) is 0 Å². The van der Waals surface area contributed by atoms with Crippen LogP contribution in [0.15, 0.2) is 24.3 Å². The molecule has 0 aliphatic carbocycles. The molecule has 0 rings (SSSR count). The summed E-state index contributed by atoms with van der Waals surface area (Å²) in [5, 5.41) is 20.1. The molecule has 0 radical (unpaired) electrons. The Morgan fingerprint density at radius 2 is 1.47 bits per heavy atom. The van der Waals surface area contributed by atoms with Crippen LogP contribution in [0.4, 0.5) is 0 Å². The quantitative estimate of drug-likeness (QED) is 0.741. The van der Waals surface area contributed by atoms with Gasteiger partial charge >= 0.3 is 0 Å². The molecular weight excluding hydrogens is 236 g/mol. The average molecular weight is 268 g/mol. The first-order valence-corrected chi connectivity index (χ1v) is 7.15. The topological polar surface area (TPSA) is 40.5 Å². The number of allylic oxidation sites excluding steroid dienone is 3. The highest BCUT2D eigenvalue weighted by Gasteiger charge is 2.26. The number of aliphatic hydroxyl groups is 2. The van der Waals surface area contributed by atoms with Crippen LogP contribution < -0.4 is 0 Å². The molecule has 0 spiro atoms. The Balaban J connectivity index is 4.32. The van der Waals surface area contributed by atoms with Gasteiger partial charge in [0.2, 0.25) is 0 Å². The van der Waals surface area contributed by atoms with Crippen LogP contribution in [0.1, 0.15) is 54.9 Å². The van der Waals surface area contributed by atoms with Crippen molar-refractivity contribution in [3.63, 3.8) is 0 Å². The Morgan fingerprint density at radius 3 is 1.89 bits per heavy atom. The Kier molecular flexibility index (Phi) is 7.02. The predicted molar refractivity (Wildman–Crippen MR) is 83.0 cm³/mol. The largest absolute Gasteiger partial charge is 0.392 e. The van der Waals surface area contributed by atoms with Crippen molar-refractivity contribution in [2.45, 2.75) is 67.1 Å². The highest BCUT2D eigenvalue weighted by molar-refractivity contribution is 5.07. The van der Waals surface area contributed by atoms with E-state index in [0.717, 1.165) is 0 Å². The second-order valence-electron chi connectivity index (χ2n) is 7.65. The summed E-state index contributed by atoms with van der Waals surface area (Å²) in [5.74, 6) is 0.0432. The van der Waals surface area contributed by atoms with Crippen LogP contribution in [0.5, 0.6) is 0 Å². The maximum atomic E-state index is 10.1. The monoisotopic (exact) mass is 268 g/mol. The molecule has 112 valence electrons. The maximum Gasteiger partial charge on any atom is 0.0625 e. The lowest BCUT2D eigenvalue weighted by Crippen LogP contribution is -2.32. The lowest BCUT2D eigenvalue weighted by Gasteiger charge is -2.29. The van der Waals surface area contributed by atoms with E-state index in [1.807, 2.05) is 45.9 Å². The first-order chi connectivity index (χ1) is 8.43. The number of hydrogen-bond acceptors (Lipinski definition) is 2. The SMILES string of the molecule is CC(/C=C/C=C\C(C)(C)C)C(O)CC(O)C(C)(C)C. The Morgan fingerprint density at radius 1 is 0.947 bits per heavy atom. The van der Waals surface area contributed by atoms with Crippen molar-refractivity contribution in [1.82, 2.24) is 0 Å². The molecule has 0 saturated carbocycles. The van der Waals surface area contributed by atoms with Gasteiger partial charge in [-0.15, -0.1) is 0 Å². The van der Waals surface area contributed by atoms with Crippen LogP contribution in [0.25, 0.3) is 0 Å². The molecule has 0 aromatic heterocycles. The molecule has 2 nitrogen and oxygen atoms in total. The molecule has 3 unspecified atom stereocenters. The van der Waals surface area contributed by atoms with E-state index < -0.39 is 12.2 Å². The molecule has 19 heavy (non-hydrogen) atoms. The Bertz CT molecular complexity index is 302. The summed E-state index contributed by atoms with van der Waals surface area (Å²) in [5.41, 5.74) is -0.00876. The molecule has 0 amide bonds. The molecule has 0 aromatic rings. The van der Waals surface area contributed by atoms with Crippen molar-refractivity contribution in [3.05, 3.63) is 24.3 Å². The zero-order valence-electron chi connectivity index (χ0n) is 13.6. The van der Waals surface area contributed by atoms with E-state index in [4.69, 9.17) is 0 Å². The average Bonchev–Trinajstić information content (AvgIpc) is 2.21. The normalized spacial score (nSPS) is 19.0. The van der Waals surface area contributed by atoms with Crippen LogP contribution in [0.3, 0.4) is 0 Å². The summed E-state index contributed by atoms with van der Waals surface area (Å²) >= 11 is 0. The van der Waals surface area contributed by atoms with Gasteiger partial charge in [0.05, 0.1) is 12.2 Å². The number of rotatable bonds is 5. The van der Waals surface area contributed by atoms with Gasteiger partial charge in [-0.3, -0.25) is 0 Å². The molecule has 0 saturated heterocycles. The molecule has 2 heteroatoms. The molecule has 0 aromatic carbocycles. The van der Waals surface area contributed by atoms with Gasteiger partial charge < -0.3 is 10.2 Å². The van der Waals surface area contributed by atoms with Crippen molar-refractivity contribution in [2.75, 3.05) is 0 Å². The summed E-state index contributed by atoms with van der Waals surface area (Å²) in [6, 6.07) is 0. The molecule has 0 aliphatic rings. The fourth-order valence-electron chi connectivity index (χ4n) is 1.51. The highest BCUT2D eigenvalue weighted by Crippen LogP contribution is 2.24. The smallest absolute Gasteiger partial charge is 0.0625 e. The standard InChI is InChI=1S/C17H32O2/c1-13(10-8-9-11-16(2,3)4)14(18)12-15(19)17(5,6)7/h8-11,13-15,18-19H,12H2,1-7H3/b10-8+,11-9-. The fourth-order valence-corrected chi connectivity index (χ4v) is 1.51. The molecule has 2 N–H and O–H groups in total. The van der Waals surface area contributed by atoms with Crippen molar-refractivity contribution in [2.24, 2.45) is 16.7 Å². The molecule has 3 atom stereocenters. The summed E-state index contributed by atoms with van der Waals surface area (Å²) < 4.78 is 0. The zero-order valence-corrected chi connectivity index (χ0v) is 13.6. The lowest BCUT2D eigenvalue weighted by molar-refractivity contribution is 0.00336. The third-order valence-electron chi connectivity index (χ3n) is 3.19. The third kappa shape index (κ3) is 9.01. The first kappa shape index (κ1) is 18.4. The van der Waals surface area contributed by atoms with Crippen LogP contribution in [0.2, 0.25) is 0 Å². The molecule has 0 fully saturated rings. The lowest BCUT2D eigenvalue weighted by atomic mass is 9.84. The van der Waals surface area contributed by atoms with E-state index >= 15 is 0 Å². The van der Waals surface area contributed by atoms with Crippen molar-refractivity contribution < 1.29 is 10.2 Å². The number of aliphatic hydroxyl groups excluding tert-OH is 2. The summed E-state index contributed by atoms with van der Waals surface area (Å²) in [6.07, 6.45) is 7.54. The van der Waals surface area contributed by atoms with Gasteiger partial charge in [0, 0.05) is 12.3 Å². The van der Waals surface area contributed by atoms with Crippen LogP contribution in [0, 0.1) is 16.7 Å². The molecule has 0 bridgehead atoms. The van der Waals surface area contributed by atoms with Crippen molar-refractivity contribution >= 4 is 0 Å². The van der Waals surface area contributed by atoms with Crippen LogP contribution in [-0.4, -0.2) is 22.4 Å². The summed E-state index contributed by atoms with van der Waals surface area (Å²) in [6.45, 7) is 14.4. The van der Waals surface area contributed by atoms with E-state index in [1.165, 1.54) is 0 Å². The van der Waals surface area contributed by atoms with Gasteiger partial charge in [0.1, 0.15) is 0 Å². The third-order valence-corrected chi connectivity index (χ3v) is 3.19. The summed E-state index contributed by atoms with van der Waals surface area (Å²) in [7, 11) is 0. The maximum absolute atomic E-state index is 10.1. The van der Waals surface area contributed by atoms with Gasteiger partial charge in [-0.2, -0.15) is 0 Å². The van der Waals surface area contributed by atoms with Gasteiger partial charge in [-0.05, 0) is 10.8 Å². The minimum atomic E-state index is -0.506. The Hall–Kier alpha value is -0.600. The molecular formula is C17H32O2. The number of hydrogen-bond donors (Lipinski definition) is 2. The predicted octanol–water partition coefficient (Wildman–Crippen LogP) is 3.94. The van der Waals surface area contributed by atoms with Crippen molar-refractivity contribution in [1.29, 1.82) is 0 Å². The van der Waals surface area contributed by atoms with E-state index in [1.54, 1.807) is 0 Å². The van der Waals surface area contributed by atoms with Gasteiger partial charge in [0.15, 0.2) is 0 Å². The van der Waals surface area contributed by atoms with E-state index in [2.05, 4.69) is 26.8 Å². The minimum absolute atomic E-state index is 0.0432. The van der Waals surface area contributed by atoms with E-state index in [0.29, 0.717) is 6.42 Å².